The van der Waals surface area contributed by atoms with Crippen molar-refractivity contribution in [1.29, 1.82) is 0 Å². The summed E-state index contributed by atoms with van der Waals surface area (Å²) in [5, 5.41) is 15.7. The number of fused-ring (bicyclic) bond motifs is 9. The van der Waals surface area contributed by atoms with Crippen LogP contribution in [0.1, 0.15) is 11.3 Å². The second-order valence-electron chi connectivity index (χ2n) is 14.0. The van der Waals surface area contributed by atoms with Gasteiger partial charge in [-0.15, -0.1) is 11.3 Å². The van der Waals surface area contributed by atoms with Crippen LogP contribution in [0, 0.1) is 6.92 Å². The molecule has 0 saturated carbocycles. The van der Waals surface area contributed by atoms with Crippen LogP contribution in [0.2, 0.25) is 0 Å². The van der Waals surface area contributed by atoms with E-state index in [-0.39, 0.29) is 0 Å². The Kier molecular flexibility index (Phi) is 6.56. The first-order valence-corrected chi connectivity index (χ1v) is 18.9. The highest BCUT2D eigenvalue weighted by molar-refractivity contribution is 7.26. The lowest BCUT2D eigenvalue weighted by Gasteiger charge is -2.18. The lowest BCUT2D eigenvalue weighted by Crippen LogP contribution is -2.25. The van der Waals surface area contributed by atoms with Gasteiger partial charge in [-0.05, 0) is 101 Å². The molecule has 2 heterocycles. The summed E-state index contributed by atoms with van der Waals surface area (Å²) in [7, 11) is 0. The number of rotatable bonds is 3. The Morgan fingerprint density at radius 1 is 0.491 bits per heavy atom. The largest absolute Gasteiger partial charge is 0.461 e. The SMILES string of the molecule is C=c1/c(=C\c2c(C)oc3cc(-c4c5ccccc5c(-c5cccc6c5sc5ccccc56)c5ccccc45)ccc23)c2ccccc2c2ccccc12. The highest BCUT2D eigenvalue weighted by Crippen LogP contribution is 2.48. The van der Waals surface area contributed by atoms with Crippen molar-refractivity contribution < 1.29 is 4.42 Å². The van der Waals surface area contributed by atoms with Gasteiger partial charge in [-0.25, -0.2) is 0 Å². The van der Waals surface area contributed by atoms with Crippen molar-refractivity contribution >= 4 is 98.2 Å². The average Bonchev–Trinajstić information content (AvgIpc) is 3.74. The first-order chi connectivity index (χ1) is 26.1. The molecule has 11 aromatic rings. The second kappa shape index (κ2) is 11.5. The molecule has 0 atom stereocenters. The third-order valence-electron chi connectivity index (χ3n) is 11.2. The van der Waals surface area contributed by atoms with Crippen LogP contribution in [0.5, 0.6) is 0 Å². The molecular formula is C51H32OS. The van der Waals surface area contributed by atoms with E-state index in [1.807, 2.05) is 11.3 Å². The minimum absolute atomic E-state index is 0.884. The molecule has 2 heteroatoms. The quantitative estimate of drug-likeness (QED) is 0.133. The molecule has 248 valence electrons. The molecule has 0 aliphatic heterocycles. The number of benzene rings is 9. The fourth-order valence-corrected chi connectivity index (χ4v) is 10.0. The first kappa shape index (κ1) is 30.2. The van der Waals surface area contributed by atoms with Crippen molar-refractivity contribution in [1.82, 2.24) is 0 Å². The van der Waals surface area contributed by atoms with Crippen molar-refractivity contribution in [3.63, 3.8) is 0 Å². The minimum atomic E-state index is 0.884. The number of hydrogen-bond acceptors (Lipinski definition) is 2. The summed E-state index contributed by atoms with van der Waals surface area (Å²) in [4.78, 5) is 0. The molecule has 0 unspecified atom stereocenters. The standard InChI is InChI=1S/C51H32OS/c1-30-33-14-3-4-15-34(33)35-16-5-6-17-36(35)45(30)29-46-31(2)52-47-28-32(26-27-37(46)47)49-39-19-7-9-21-41(39)50(42-22-10-8-20-40(42)49)44-24-13-23-43-38-18-11-12-25-48(38)53-51(43)44/h3-29H,1H2,2H3/b45-29+. The zero-order chi connectivity index (χ0) is 35.2. The van der Waals surface area contributed by atoms with E-state index >= 15 is 0 Å². The van der Waals surface area contributed by atoms with Gasteiger partial charge in [0.2, 0.25) is 0 Å². The monoisotopic (exact) mass is 692 g/mol. The summed E-state index contributed by atoms with van der Waals surface area (Å²) < 4.78 is 9.27. The Morgan fingerprint density at radius 3 is 1.74 bits per heavy atom. The van der Waals surface area contributed by atoms with Crippen LogP contribution in [0.3, 0.4) is 0 Å². The summed E-state index contributed by atoms with van der Waals surface area (Å²) >= 11 is 1.89. The molecule has 0 fully saturated rings. The van der Waals surface area contributed by atoms with E-state index in [0.29, 0.717) is 0 Å². The second-order valence-corrected chi connectivity index (χ2v) is 15.1. The topological polar surface area (TPSA) is 13.1 Å². The van der Waals surface area contributed by atoms with Crippen molar-refractivity contribution in [2.45, 2.75) is 6.92 Å². The molecule has 0 amide bonds. The van der Waals surface area contributed by atoms with Gasteiger partial charge >= 0.3 is 0 Å². The fraction of sp³-hybridized carbons (Fsp3) is 0.0196. The van der Waals surface area contributed by atoms with Gasteiger partial charge in [-0.2, -0.15) is 0 Å². The predicted molar refractivity (Wildman–Crippen MR) is 230 cm³/mol. The third kappa shape index (κ3) is 4.43. The first-order valence-electron chi connectivity index (χ1n) is 18.1. The maximum atomic E-state index is 6.62. The number of hydrogen-bond donors (Lipinski definition) is 0. The molecular weight excluding hydrogens is 661 g/mol. The van der Waals surface area contributed by atoms with Gasteiger partial charge in [0.15, 0.2) is 0 Å². The van der Waals surface area contributed by atoms with Crippen molar-refractivity contribution in [2.75, 3.05) is 0 Å². The van der Waals surface area contributed by atoms with E-state index < -0.39 is 0 Å². The summed E-state index contributed by atoms with van der Waals surface area (Å²) in [5.74, 6) is 0.898. The van der Waals surface area contributed by atoms with E-state index in [9.17, 15) is 0 Å². The lowest BCUT2D eigenvalue weighted by atomic mass is 9.85. The maximum Gasteiger partial charge on any atom is 0.135 e. The van der Waals surface area contributed by atoms with Crippen LogP contribution in [0.4, 0.5) is 0 Å². The highest BCUT2D eigenvalue weighted by atomic mass is 32.1. The van der Waals surface area contributed by atoms with Gasteiger partial charge in [0, 0.05) is 36.7 Å². The molecule has 0 aliphatic rings. The summed E-state index contributed by atoms with van der Waals surface area (Å²) in [5.41, 5.74) is 6.92. The van der Waals surface area contributed by atoms with Gasteiger partial charge in [0.05, 0.1) is 0 Å². The van der Waals surface area contributed by atoms with Crippen molar-refractivity contribution in [2.24, 2.45) is 0 Å². The Labute approximate surface area is 310 Å². The van der Waals surface area contributed by atoms with Crippen molar-refractivity contribution in [3.8, 4) is 22.3 Å². The number of thiophene rings is 1. The Balaban J connectivity index is 1.15. The van der Waals surface area contributed by atoms with Crippen molar-refractivity contribution in [3.05, 3.63) is 179 Å². The minimum Gasteiger partial charge on any atom is -0.461 e. The molecule has 53 heavy (non-hydrogen) atoms. The van der Waals surface area contributed by atoms with Crippen LogP contribution >= 0.6 is 11.3 Å². The van der Waals surface area contributed by atoms with Crippen LogP contribution in [0.25, 0.3) is 109 Å². The normalized spacial score (nSPS) is 12.4. The number of furan rings is 1. The third-order valence-corrected chi connectivity index (χ3v) is 12.4. The summed E-state index contributed by atoms with van der Waals surface area (Å²) in [6.45, 7) is 6.67. The van der Waals surface area contributed by atoms with E-state index in [1.165, 1.54) is 80.0 Å². The predicted octanol–water partition coefficient (Wildman–Crippen LogP) is 13.3. The smallest absolute Gasteiger partial charge is 0.135 e. The van der Waals surface area contributed by atoms with Crippen LogP contribution in [-0.4, -0.2) is 0 Å². The molecule has 1 nitrogen and oxygen atoms in total. The zero-order valence-electron chi connectivity index (χ0n) is 29.1. The molecule has 9 aromatic carbocycles. The molecule has 0 saturated heterocycles. The molecule has 0 radical (unpaired) electrons. The molecule has 0 N–H and O–H groups in total. The maximum absolute atomic E-state index is 6.62. The Morgan fingerprint density at radius 2 is 1.04 bits per heavy atom. The van der Waals surface area contributed by atoms with Crippen LogP contribution < -0.4 is 10.4 Å². The molecule has 0 spiro atoms. The van der Waals surface area contributed by atoms with E-state index in [2.05, 4.69) is 177 Å². The van der Waals surface area contributed by atoms with Crippen LogP contribution in [0.15, 0.2) is 162 Å². The fourth-order valence-electron chi connectivity index (χ4n) is 8.80. The Hall–Kier alpha value is -6.48. The summed E-state index contributed by atoms with van der Waals surface area (Å²) in [6, 6.07) is 57.3. The van der Waals surface area contributed by atoms with Gasteiger partial charge in [0.1, 0.15) is 11.3 Å². The highest BCUT2D eigenvalue weighted by Gasteiger charge is 2.20. The van der Waals surface area contributed by atoms with Gasteiger partial charge < -0.3 is 4.42 Å². The van der Waals surface area contributed by atoms with Gasteiger partial charge in [0.25, 0.3) is 0 Å². The Bertz CT molecular complexity index is 3380. The molecule has 11 rings (SSSR count). The lowest BCUT2D eigenvalue weighted by molar-refractivity contribution is 0.577. The number of aryl methyl sites for hydroxylation is 1. The average molecular weight is 693 g/mol. The molecule has 2 aromatic heterocycles. The van der Waals surface area contributed by atoms with E-state index in [0.717, 1.165) is 38.3 Å². The molecule has 0 aliphatic carbocycles. The van der Waals surface area contributed by atoms with Gasteiger partial charge in [-0.1, -0.05) is 146 Å². The van der Waals surface area contributed by atoms with Crippen LogP contribution in [-0.2, 0) is 0 Å². The van der Waals surface area contributed by atoms with E-state index in [1.54, 1.807) is 0 Å². The van der Waals surface area contributed by atoms with Gasteiger partial charge in [-0.3, -0.25) is 0 Å². The zero-order valence-corrected chi connectivity index (χ0v) is 29.9. The summed E-state index contributed by atoms with van der Waals surface area (Å²) in [6.07, 6.45) is 2.28. The van der Waals surface area contributed by atoms with E-state index in [4.69, 9.17) is 4.42 Å². The molecule has 0 bridgehead atoms.